The Morgan fingerprint density at radius 1 is 1.21 bits per heavy atom. The lowest BCUT2D eigenvalue weighted by Gasteiger charge is -2.25. The van der Waals surface area contributed by atoms with Gasteiger partial charge < -0.3 is 10.6 Å². The first-order valence-corrected chi connectivity index (χ1v) is 7.09. The van der Waals surface area contributed by atoms with E-state index >= 15 is 0 Å². The SMILES string of the molecule is CC1(C)CCCN(C(=O)[C@@H](N)c2ccccc2)CC1. The zero-order chi connectivity index (χ0) is 13.9. The van der Waals surface area contributed by atoms with E-state index in [1.807, 2.05) is 35.2 Å². The molecule has 19 heavy (non-hydrogen) atoms. The number of carbonyl (C=O) groups excluding carboxylic acids is 1. The largest absolute Gasteiger partial charge is 0.341 e. The molecule has 3 heteroatoms. The Balaban J connectivity index is 2.03. The molecule has 1 saturated heterocycles. The summed E-state index contributed by atoms with van der Waals surface area (Å²) < 4.78 is 0. The molecule has 0 spiro atoms. The smallest absolute Gasteiger partial charge is 0.244 e. The fraction of sp³-hybridized carbons (Fsp3) is 0.562. The van der Waals surface area contributed by atoms with Gasteiger partial charge in [0, 0.05) is 13.1 Å². The van der Waals surface area contributed by atoms with Crippen molar-refractivity contribution >= 4 is 5.91 Å². The van der Waals surface area contributed by atoms with Crippen LogP contribution in [0.5, 0.6) is 0 Å². The van der Waals surface area contributed by atoms with Crippen molar-refractivity contribution in [1.82, 2.24) is 4.90 Å². The Labute approximate surface area is 115 Å². The van der Waals surface area contributed by atoms with Crippen LogP contribution in [0, 0.1) is 5.41 Å². The molecule has 1 heterocycles. The standard InChI is InChI=1S/C16H24N2O/c1-16(2)9-6-11-18(12-10-16)15(19)14(17)13-7-4-3-5-8-13/h3-5,7-8,14H,6,9-12,17H2,1-2H3/t14-/m0/s1. The second kappa shape index (κ2) is 5.74. The zero-order valence-corrected chi connectivity index (χ0v) is 11.9. The van der Waals surface area contributed by atoms with Gasteiger partial charge in [0.05, 0.1) is 0 Å². The summed E-state index contributed by atoms with van der Waals surface area (Å²) in [4.78, 5) is 14.4. The third-order valence-corrected chi connectivity index (χ3v) is 4.08. The van der Waals surface area contributed by atoms with Crippen molar-refractivity contribution in [2.45, 2.75) is 39.2 Å². The van der Waals surface area contributed by atoms with Crippen molar-refractivity contribution in [3.05, 3.63) is 35.9 Å². The molecule has 0 saturated carbocycles. The third kappa shape index (κ3) is 3.57. The minimum absolute atomic E-state index is 0.0592. The molecule has 0 aromatic heterocycles. The van der Waals surface area contributed by atoms with E-state index in [9.17, 15) is 4.79 Å². The summed E-state index contributed by atoms with van der Waals surface area (Å²) in [5, 5.41) is 0. The molecule has 1 aromatic rings. The van der Waals surface area contributed by atoms with E-state index in [1.54, 1.807) is 0 Å². The molecule has 0 unspecified atom stereocenters. The molecule has 1 aliphatic rings. The number of hydrogen-bond acceptors (Lipinski definition) is 2. The molecule has 1 fully saturated rings. The van der Waals surface area contributed by atoms with E-state index in [0.717, 1.165) is 31.5 Å². The van der Waals surface area contributed by atoms with E-state index in [1.165, 1.54) is 6.42 Å². The molecule has 1 amide bonds. The number of carbonyl (C=O) groups is 1. The molecule has 1 aromatic carbocycles. The molecule has 0 bridgehead atoms. The average Bonchev–Trinajstić information content (AvgIpc) is 2.59. The summed E-state index contributed by atoms with van der Waals surface area (Å²) in [6.45, 7) is 6.21. The molecule has 0 aliphatic carbocycles. The summed E-state index contributed by atoms with van der Waals surface area (Å²) >= 11 is 0. The van der Waals surface area contributed by atoms with Crippen LogP contribution in [0.3, 0.4) is 0 Å². The Bertz CT molecular complexity index is 428. The lowest BCUT2D eigenvalue weighted by atomic mass is 9.85. The van der Waals surface area contributed by atoms with Gasteiger partial charge in [-0.1, -0.05) is 44.2 Å². The van der Waals surface area contributed by atoms with Crippen molar-refractivity contribution in [3.8, 4) is 0 Å². The van der Waals surface area contributed by atoms with Crippen LogP contribution in [0.25, 0.3) is 0 Å². The highest BCUT2D eigenvalue weighted by Crippen LogP contribution is 2.30. The molecule has 2 rings (SSSR count). The normalized spacial score (nSPS) is 20.7. The number of nitrogens with two attached hydrogens (primary N) is 1. The number of rotatable bonds is 2. The van der Waals surface area contributed by atoms with Crippen LogP contribution in [-0.4, -0.2) is 23.9 Å². The molecule has 0 radical (unpaired) electrons. The maximum atomic E-state index is 12.5. The summed E-state index contributed by atoms with van der Waals surface area (Å²) in [6.07, 6.45) is 3.30. The minimum atomic E-state index is -0.526. The highest BCUT2D eigenvalue weighted by atomic mass is 16.2. The van der Waals surface area contributed by atoms with E-state index in [2.05, 4.69) is 13.8 Å². The highest BCUT2D eigenvalue weighted by Gasteiger charge is 2.28. The Hall–Kier alpha value is -1.35. The summed E-state index contributed by atoms with van der Waals surface area (Å²) in [5.74, 6) is 0.0592. The van der Waals surface area contributed by atoms with Gasteiger partial charge in [0.15, 0.2) is 0 Å². The molecule has 1 aliphatic heterocycles. The van der Waals surface area contributed by atoms with Gasteiger partial charge in [-0.25, -0.2) is 0 Å². The Kier molecular flexibility index (Phi) is 4.25. The second-order valence-electron chi connectivity index (χ2n) is 6.23. The van der Waals surface area contributed by atoms with Gasteiger partial charge >= 0.3 is 0 Å². The molecular weight excluding hydrogens is 236 g/mol. The third-order valence-electron chi connectivity index (χ3n) is 4.08. The fourth-order valence-corrected chi connectivity index (χ4v) is 2.64. The quantitative estimate of drug-likeness (QED) is 0.888. The summed E-state index contributed by atoms with van der Waals surface area (Å²) in [5.41, 5.74) is 7.34. The van der Waals surface area contributed by atoms with E-state index in [-0.39, 0.29) is 5.91 Å². The number of amides is 1. The van der Waals surface area contributed by atoms with E-state index in [4.69, 9.17) is 5.73 Å². The van der Waals surface area contributed by atoms with Crippen LogP contribution in [0.4, 0.5) is 0 Å². The van der Waals surface area contributed by atoms with Gasteiger partial charge in [0.2, 0.25) is 5.91 Å². The monoisotopic (exact) mass is 260 g/mol. The number of benzene rings is 1. The van der Waals surface area contributed by atoms with E-state index < -0.39 is 6.04 Å². The highest BCUT2D eigenvalue weighted by molar-refractivity contribution is 5.83. The van der Waals surface area contributed by atoms with Crippen molar-refractivity contribution in [2.75, 3.05) is 13.1 Å². The first kappa shape index (κ1) is 14.1. The minimum Gasteiger partial charge on any atom is -0.341 e. The van der Waals surface area contributed by atoms with Crippen molar-refractivity contribution in [1.29, 1.82) is 0 Å². The molecule has 1 atom stereocenters. The van der Waals surface area contributed by atoms with Crippen LogP contribution < -0.4 is 5.73 Å². The average molecular weight is 260 g/mol. The predicted molar refractivity (Wildman–Crippen MR) is 77.6 cm³/mol. The van der Waals surface area contributed by atoms with Gasteiger partial charge in [0.25, 0.3) is 0 Å². The van der Waals surface area contributed by atoms with Crippen LogP contribution in [0.15, 0.2) is 30.3 Å². The Morgan fingerprint density at radius 3 is 2.58 bits per heavy atom. The van der Waals surface area contributed by atoms with Crippen LogP contribution in [-0.2, 0) is 4.79 Å². The van der Waals surface area contributed by atoms with Crippen molar-refractivity contribution < 1.29 is 4.79 Å². The lowest BCUT2D eigenvalue weighted by Crippen LogP contribution is -2.39. The summed E-state index contributed by atoms with van der Waals surface area (Å²) in [7, 11) is 0. The first-order chi connectivity index (χ1) is 8.99. The van der Waals surface area contributed by atoms with Gasteiger partial charge in [0.1, 0.15) is 6.04 Å². The number of likely N-dealkylation sites (tertiary alicyclic amines) is 1. The second-order valence-corrected chi connectivity index (χ2v) is 6.23. The summed E-state index contributed by atoms with van der Waals surface area (Å²) in [6, 6.07) is 9.11. The Morgan fingerprint density at radius 2 is 1.89 bits per heavy atom. The van der Waals surface area contributed by atoms with Crippen molar-refractivity contribution in [2.24, 2.45) is 11.1 Å². The van der Waals surface area contributed by atoms with Gasteiger partial charge in [-0.15, -0.1) is 0 Å². The zero-order valence-electron chi connectivity index (χ0n) is 11.9. The number of hydrogen-bond donors (Lipinski definition) is 1. The van der Waals surface area contributed by atoms with Crippen LogP contribution in [0.1, 0.15) is 44.7 Å². The lowest BCUT2D eigenvalue weighted by molar-refractivity contribution is -0.132. The van der Waals surface area contributed by atoms with Gasteiger partial charge in [-0.05, 0) is 30.2 Å². The molecule has 2 N–H and O–H groups in total. The van der Waals surface area contributed by atoms with Crippen molar-refractivity contribution in [3.63, 3.8) is 0 Å². The van der Waals surface area contributed by atoms with Gasteiger partial charge in [-0.3, -0.25) is 4.79 Å². The first-order valence-electron chi connectivity index (χ1n) is 7.09. The molecule has 3 nitrogen and oxygen atoms in total. The predicted octanol–water partition coefficient (Wildman–Crippen LogP) is 2.73. The van der Waals surface area contributed by atoms with E-state index in [0.29, 0.717) is 5.41 Å². The van der Waals surface area contributed by atoms with Crippen LogP contribution >= 0.6 is 0 Å². The maximum absolute atomic E-state index is 12.5. The maximum Gasteiger partial charge on any atom is 0.244 e. The molecule has 104 valence electrons. The fourth-order valence-electron chi connectivity index (χ4n) is 2.64. The topological polar surface area (TPSA) is 46.3 Å². The van der Waals surface area contributed by atoms with Crippen LogP contribution in [0.2, 0.25) is 0 Å². The number of nitrogens with zero attached hydrogens (tertiary/aromatic N) is 1. The molecular formula is C16H24N2O. The van der Waals surface area contributed by atoms with Gasteiger partial charge in [-0.2, -0.15) is 0 Å².